The third-order valence-electron chi connectivity index (χ3n) is 5.98. The van der Waals surface area contributed by atoms with Crippen LogP contribution >= 0.6 is 0 Å². The molecule has 3 atom stereocenters. The molecule has 0 bridgehead atoms. The van der Waals surface area contributed by atoms with E-state index in [0.717, 1.165) is 42.7 Å². The highest BCUT2D eigenvalue weighted by Gasteiger charge is 2.44. The highest BCUT2D eigenvalue weighted by molar-refractivity contribution is 5.76. The molecule has 128 valence electrons. The van der Waals surface area contributed by atoms with Gasteiger partial charge in [0, 0.05) is 26.1 Å². The molecule has 1 N–H and O–H groups in total. The highest BCUT2D eigenvalue weighted by atomic mass is 16.4. The van der Waals surface area contributed by atoms with Gasteiger partial charge in [-0.15, -0.1) is 0 Å². The van der Waals surface area contributed by atoms with Crippen molar-refractivity contribution >= 4 is 17.0 Å². The van der Waals surface area contributed by atoms with Gasteiger partial charge in [0.1, 0.15) is 11.9 Å². The molecular weight excluding hydrogens is 302 g/mol. The van der Waals surface area contributed by atoms with Crippen LogP contribution in [0.15, 0.2) is 24.3 Å². The maximum atomic E-state index is 11.7. The molecule has 2 aromatic rings. The Labute approximate surface area is 142 Å². The summed E-state index contributed by atoms with van der Waals surface area (Å²) in [6.45, 7) is 0.787. The summed E-state index contributed by atoms with van der Waals surface area (Å²) in [5.74, 6) is 0.953. The predicted octanol–water partition coefficient (Wildman–Crippen LogP) is 2.83. The van der Waals surface area contributed by atoms with Crippen LogP contribution in [0.2, 0.25) is 0 Å². The lowest BCUT2D eigenvalue weighted by atomic mass is 9.85. The Balaban J connectivity index is 1.54. The van der Waals surface area contributed by atoms with Crippen LogP contribution in [0.1, 0.15) is 37.9 Å². The van der Waals surface area contributed by atoms with Crippen molar-refractivity contribution in [1.82, 2.24) is 14.5 Å². The molecule has 0 amide bonds. The average molecular weight is 327 g/mol. The van der Waals surface area contributed by atoms with Crippen LogP contribution in [0.3, 0.4) is 0 Å². The number of benzene rings is 1. The van der Waals surface area contributed by atoms with Gasteiger partial charge in [-0.05, 0) is 37.3 Å². The third-order valence-corrected chi connectivity index (χ3v) is 5.98. The second-order valence-electron chi connectivity index (χ2n) is 7.27. The summed E-state index contributed by atoms with van der Waals surface area (Å²) < 4.78 is 2.14. The molecule has 5 heteroatoms. The van der Waals surface area contributed by atoms with E-state index in [1.54, 1.807) is 0 Å². The summed E-state index contributed by atoms with van der Waals surface area (Å²) in [4.78, 5) is 18.7. The van der Waals surface area contributed by atoms with E-state index in [0.29, 0.717) is 12.0 Å². The average Bonchev–Trinajstić information content (AvgIpc) is 3.12. The number of carboxylic acids is 1. The number of aromatic nitrogens is 2. The molecule has 5 nitrogen and oxygen atoms in total. The van der Waals surface area contributed by atoms with Crippen molar-refractivity contribution in [1.29, 1.82) is 0 Å². The van der Waals surface area contributed by atoms with E-state index in [9.17, 15) is 9.90 Å². The Kier molecular flexibility index (Phi) is 4.04. The molecule has 3 unspecified atom stereocenters. The minimum Gasteiger partial charge on any atom is -0.480 e. The summed E-state index contributed by atoms with van der Waals surface area (Å²) in [6, 6.07) is 8.29. The topological polar surface area (TPSA) is 58.4 Å². The monoisotopic (exact) mass is 327 g/mol. The summed E-state index contributed by atoms with van der Waals surface area (Å²) in [6.07, 6.45) is 6.46. The van der Waals surface area contributed by atoms with Gasteiger partial charge in [0.2, 0.25) is 0 Å². The zero-order chi connectivity index (χ0) is 16.7. The van der Waals surface area contributed by atoms with Crippen LogP contribution in [0.4, 0.5) is 0 Å². The molecule has 2 heterocycles. The van der Waals surface area contributed by atoms with E-state index in [2.05, 4.69) is 15.5 Å². The molecule has 1 saturated carbocycles. The van der Waals surface area contributed by atoms with Gasteiger partial charge < -0.3 is 9.67 Å². The number of rotatable bonds is 4. The fraction of sp³-hybridized carbons (Fsp3) is 0.579. The maximum absolute atomic E-state index is 11.7. The van der Waals surface area contributed by atoms with Gasteiger partial charge in [0.25, 0.3) is 0 Å². The SMILES string of the molecule is Cn1c(CCN2C(C(=O)O)CC3CCCCC32)nc2ccccc21. The van der Waals surface area contributed by atoms with E-state index in [1.807, 2.05) is 25.2 Å². The molecular formula is C19H25N3O2. The van der Waals surface area contributed by atoms with Gasteiger partial charge in [-0.2, -0.15) is 0 Å². The van der Waals surface area contributed by atoms with Gasteiger partial charge in [0.05, 0.1) is 11.0 Å². The van der Waals surface area contributed by atoms with Crippen LogP contribution in [0.25, 0.3) is 11.0 Å². The standard InChI is InChI=1S/C19H25N3O2/c1-21-16-9-5-3-7-14(16)20-18(21)10-11-22-15-8-4-2-6-13(15)12-17(22)19(23)24/h3,5,7,9,13,15,17H,2,4,6,8,10-12H2,1H3,(H,23,24). The number of likely N-dealkylation sites (tertiary alicyclic amines) is 1. The number of aryl methyl sites for hydroxylation is 1. The van der Waals surface area contributed by atoms with Crippen molar-refractivity contribution in [3.63, 3.8) is 0 Å². The zero-order valence-electron chi connectivity index (χ0n) is 14.2. The van der Waals surface area contributed by atoms with E-state index in [-0.39, 0.29) is 6.04 Å². The Bertz CT molecular complexity index is 754. The van der Waals surface area contributed by atoms with Crippen molar-refractivity contribution in [3.05, 3.63) is 30.1 Å². The molecule has 24 heavy (non-hydrogen) atoms. The first kappa shape index (κ1) is 15.6. The first-order valence-corrected chi connectivity index (χ1v) is 9.04. The number of hydrogen-bond donors (Lipinski definition) is 1. The first-order chi connectivity index (χ1) is 11.6. The number of para-hydroxylation sites is 2. The highest BCUT2D eigenvalue weighted by Crippen LogP contribution is 2.39. The molecule has 2 fully saturated rings. The number of imidazole rings is 1. The van der Waals surface area contributed by atoms with E-state index in [1.165, 1.54) is 19.3 Å². The summed E-state index contributed by atoms with van der Waals surface area (Å²) in [5.41, 5.74) is 2.15. The Morgan fingerprint density at radius 2 is 2.08 bits per heavy atom. The van der Waals surface area contributed by atoms with Crippen LogP contribution in [0.5, 0.6) is 0 Å². The Hall–Kier alpha value is -1.88. The number of carboxylic acid groups (broad SMARTS) is 1. The van der Waals surface area contributed by atoms with Gasteiger partial charge in [0.15, 0.2) is 0 Å². The lowest BCUT2D eigenvalue weighted by Gasteiger charge is -2.32. The minimum atomic E-state index is -0.658. The number of fused-ring (bicyclic) bond motifs is 2. The summed E-state index contributed by atoms with van der Waals surface area (Å²) >= 11 is 0. The molecule has 4 rings (SSSR count). The largest absolute Gasteiger partial charge is 0.480 e. The zero-order valence-corrected chi connectivity index (χ0v) is 14.2. The maximum Gasteiger partial charge on any atom is 0.320 e. The van der Waals surface area contributed by atoms with E-state index < -0.39 is 5.97 Å². The Morgan fingerprint density at radius 3 is 2.88 bits per heavy atom. The second-order valence-corrected chi connectivity index (χ2v) is 7.27. The lowest BCUT2D eigenvalue weighted by molar-refractivity contribution is -0.142. The number of aliphatic carboxylic acids is 1. The summed E-state index contributed by atoms with van der Waals surface area (Å²) in [5, 5.41) is 9.63. The smallest absolute Gasteiger partial charge is 0.320 e. The van der Waals surface area contributed by atoms with Gasteiger partial charge in [-0.3, -0.25) is 9.69 Å². The van der Waals surface area contributed by atoms with Crippen LogP contribution in [0, 0.1) is 5.92 Å². The third kappa shape index (κ3) is 2.61. The number of nitrogens with zero attached hydrogens (tertiary/aromatic N) is 3. The molecule has 0 spiro atoms. The van der Waals surface area contributed by atoms with E-state index in [4.69, 9.17) is 4.98 Å². The first-order valence-electron chi connectivity index (χ1n) is 9.04. The van der Waals surface area contributed by atoms with Gasteiger partial charge in [-0.25, -0.2) is 4.98 Å². The molecule has 0 radical (unpaired) electrons. The van der Waals surface area contributed by atoms with E-state index >= 15 is 0 Å². The molecule has 1 aromatic heterocycles. The minimum absolute atomic E-state index is 0.312. The van der Waals surface area contributed by atoms with Gasteiger partial charge >= 0.3 is 5.97 Å². The molecule has 1 aromatic carbocycles. The summed E-state index contributed by atoms with van der Waals surface area (Å²) in [7, 11) is 2.05. The quantitative estimate of drug-likeness (QED) is 0.938. The fourth-order valence-electron chi connectivity index (χ4n) is 4.77. The van der Waals surface area contributed by atoms with Crippen LogP contribution in [-0.4, -0.2) is 44.2 Å². The molecule has 2 aliphatic rings. The van der Waals surface area contributed by atoms with Crippen molar-refractivity contribution in [2.24, 2.45) is 13.0 Å². The van der Waals surface area contributed by atoms with Crippen molar-refractivity contribution < 1.29 is 9.90 Å². The van der Waals surface area contributed by atoms with Crippen molar-refractivity contribution in [2.45, 2.75) is 50.6 Å². The molecule has 1 aliphatic carbocycles. The molecule has 1 saturated heterocycles. The van der Waals surface area contributed by atoms with Crippen LogP contribution < -0.4 is 0 Å². The second kappa shape index (κ2) is 6.20. The van der Waals surface area contributed by atoms with Gasteiger partial charge in [-0.1, -0.05) is 25.0 Å². The lowest BCUT2D eigenvalue weighted by Crippen LogP contribution is -2.43. The number of carbonyl (C=O) groups is 1. The van der Waals surface area contributed by atoms with Crippen molar-refractivity contribution in [3.8, 4) is 0 Å². The molecule has 1 aliphatic heterocycles. The Morgan fingerprint density at radius 1 is 1.29 bits per heavy atom. The predicted molar refractivity (Wildman–Crippen MR) is 92.9 cm³/mol. The number of hydrogen-bond acceptors (Lipinski definition) is 3. The fourth-order valence-corrected chi connectivity index (χ4v) is 4.77. The normalized spacial score (nSPS) is 27.5. The van der Waals surface area contributed by atoms with Crippen molar-refractivity contribution in [2.75, 3.05) is 6.54 Å². The van der Waals surface area contributed by atoms with Crippen LogP contribution in [-0.2, 0) is 18.3 Å².